The molecule has 1 amide bonds. The molecule has 5 N–H and O–H groups in total. The molecule has 2 rings (SSSR count). The highest BCUT2D eigenvalue weighted by Gasteiger charge is 2.09. The van der Waals surface area contributed by atoms with Crippen LogP contribution in [0.3, 0.4) is 0 Å². The Morgan fingerprint density at radius 1 is 1.50 bits per heavy atom. The lowest BCUT2D eigenvalue weighted by Crippen LogP contribution is -2.13. The van der Waals surface area contributed by atoms with Gasteiger partial charge in [0.1, 0.15) is 11.5 Å². The second kappa shape index (κ2) is 5.02. The van der Waals surface area contributed by atoms with Crippen LogP contribution in [0.15, 0.2) is 23.5 Å². The number of aromatic nitrogens is 4. The van der Waals surface area contributed by atoms with Gasteiger partial charge in [0.25, 0.3) is 5.91 Å². The maximum Gasteiger partial charge on any atom is 0.269 e. The molecule has 0 unspecified atom stereocenters. The van der Waals surface area contributed by atoms with Crippen molar-refractivity contribution in [2.45, 2.75) is 5.16 Å². The van der Waals surface area contributed by atoms with Crippen molar-refractivity contribution in [1.29, 1.82) is 0 Å². The van der Waals surface area contributed by atoms with Crippen molar-refractivity contribution in [1.82, 2.24) is 19.7 Å². The van der Waals surface area contributed by atoms with Gasteiger partial charge in [-0.3, -0.25) is 4.79 Å². The SMILES string of the molecule is CSc1nc(NN)cc(-n2ccc(C(N)=O)n2)n1. The van der Waals surface area contributed by atoms with Gasteiger partial charge in [0, 0.05) is 12.3 Å². The number of nitrogens with zero attached hydrogens (tertiary/aromatic N) is 4. The Kier molecular flexibility index (Phi) is 3.44. The van der Waals surface area contributed by atoms with Gasteiger partial charge in [-0.2, -0.15) is 5.10 Å². The first-order valence-electron chi connectivity index (χ1n) is 4.89. The van der Waals surface area contributed by atoms with E-state index < -0.39 is 5.91 Å². The summed E-state index contributed by atoms with van der Waals surface area (Å²) in [7, 11) is 0. The number of nitrogens with two attached hydrogens (primary N) is 2. The molecule has 18 heavy (non-hydrogen) atoms. The summed E-state index contributed by atoms with van der Waals surface area (Å²) in [5.41, 5.74) is 7.75. The van der Waals surface area contributed by atoms with Crippen molar-refractivity contribution in [3.05, 3.63) is 24.0 Å². The van der Waals surface area contributed by atoms with Gasteiger partial charge in [-0.1, -0.05) is 11.8 Å². The van der Waals surface area contributed by atoms with Gasteiger partial charge < -0.3 is 11.2 Å². The van der Waals surface area contributed by atoms with Crippen LogP contribution in [0.4, 0.5) is 5.82 Å². The molecule has 0 aromatic carbocycles. The normalized spacial score (nSPS) is 10.3. The largest absolute Gasteiger partial charge is 0.364 e. The second-order valence-electron chi connectivity index (χ2n) is 3.25. The van der Waals surface area contributed by atoms with Gasteiger partial charge in [-0.05, 0) is 12.3 Å². The molecule has 9 heteroatoms. The molecule has 2 heterocycles. The molecule has 2 aromatic rings. The number of primary amides is 1. The lowest BCUT2D eigenvalue weighted by atomic mass is 10.4. The summed E-state index contributed by atoms with van der Waals surface area (Å²) in [4.78, 5) is 19.3. The Hall–Kier alpha value is -2.13. The number of carbonyl (C=O) groups is 1. The molecule has 0 spiro atoms. The van der Waals surface area contributed by atoms with E-state index in [-0.39, 0.29) is 5.69 Å². The maximum atomic E-state index is 11.0. The van der Waals surface area contributed by atoms with Crippen LogP contribution in [-0.2, 0) is 0 Å². The van der Waals surface area contributed by atoms with E-state index in [9.17, 15) is 4.79 Å². The number of nitrogen functional groups attached to an aromatic ring is 1. The molecule has 0 bridgehead atoms. The number of hydrogen-bond acceptors (Lipinski definition) is 7. The molecule has 0 aliphatic rings. The average molecular weight is 265 g/mol. The van der Waals surface area contributed by atoms with E-state index in [1.165, 1.54) is 22.5 Å². The summed E-state index contributed by atoms with van der Waals surface area (Å²) in [5.74, 6) is 5.68. The fourth-order valence-electron chi connectivity index (χ4n) is 1.28. The Labute approximate surface area is 107 Å². The zero-order valence-corrected chi connectivity index (χ0v) is 10.3. The summed E-state index contributed by atoms with van der Waals surface area (Å²) in [6.07, 6.45) is 3.43. The van der Waals surface area contributed by atoms with Crippen LogP contribution in [-0.4, -0.2) is 31.9 Å². The molecule has 0 saturated heterocycles. The monoisotopic (exact) mass is 265 g/mol. The minimum Gasteiger partial charge on any atom is -0.364 e. The summed E-state index contributed by atoms with van der Waals surface area (Å²) in [6, 6.07) is 3.12. The van der Waals surface area contributed by atoms with Gasteiger partial charge in [0.2, 0.25) is 0 Å². The van der Waals surface area contributed by atoms with Crippen LogP contribution in [0.1, 0.15) is 10.5 Å². The Bertz CT molecular complexity index is 560. The zero-order valence-electron chi connectivity index (χ0n) is 9.49. The third kappa shape index (κ3) is 2.41. The second-order valence-corrected chi connectivity index (χ2v) is 4.03. The van der Waals surface area contributed by atoms with Crippen molar-refractivity contribution in [3.63, 3.8) is 0 Å². The quantitative estimate of drug-likeness (QED) is 0.302. The summed E-state index contributed by atoms with van der Waals surface area (Å²) >= 11 is 1.37. The van der Waals surface area contributed by atoms with Crippen molar-refractivity contribution < 1.29 is 4.79 Å². The van der Waals surface area contributed by atoms with E-state index in [2.05, 4.69) is 20.5 Å². The number of amides is 1. The highest BCUT2D eigenvalue weighted by atomic mass is 32.2. The Morgan fingerprint density at radius 2 is 2.28 bits per heavy atom. The van der Waals surface area contributed by atoms with Gasteiger partial charge in [-0.25, -0.2) is 20.5 Å². The number of thioether (sulfide) groups is 1. The smallest absolute Gasteiger partial charge is 0.269 e. The van der Waals surface area contributed by atoms with Crippen LogP contribution in [0.25, 0.3) is 5.82 Å². The van der Waals surface area contributed by atoms with Crippen molar-refractivity contribution >= 4 is 23.5 Å². The highest BCUT2D eigenvalue weighted by Crippen LogP contribution is 2.15. The predicted octanol–water partition coefficient (Wildman–Crippen LogP) is -0.231. The van der Waals surface area contributed by atoms with Crippen molar-refractivity contribution in [2.24, 2.45) is 11.6 Å². The summed E-state index contributed by atoms with van der Waals surface area (Å²) in [6.45, 7) is 0. The molecule has 8 nitrogen and oxygen atoms in total. The number of hydrogen-bond donors (Lipinski definition) is 3. The fourth-order valence-corrected chi connectivity index (χ4v) is 1.65. The van der Waals surface area contributed by atoms with E-state index in [1.807, 2.05) is 6.26 Å². The van der Waals surface area contributed by atoms with Crippen molar-refractivity contribution in [2.75, 3.05) is 11.7 Å². The van der Waals surface area contributed by atoms with Gasteiger partial charge in [-0.15, -0.1) is 0 Å². The van der Waals surface area contributed by atoms with Crippen LogP contribution < -0.4 is 17.0 Å². The third-order valence-electron chi connectivity index (χ3n) is 2.10. The molecule has 94 valence electrons. The first kappa shape index (κ1) is 12.3. The van der Waals surface area contributed by atoms with Crippen LogP contribution in [0.2, 0.25) is 0 Å². The Morgan fingerprint density at radius 3 is 2.83 bits per heavy atom. The van der Waals surface area contributed by atoms with E-state index in [0.29, 0.717) is 16.8 Å². The van der Waals surface area contributed by atoms with Gasteiger partial charge in [0.05, 0.1) is 0 Å². The van der Waals surface area contributed by atoms with Crippen LogP contribution in [0, 0.1) is 0 Å². The third-order valence-corrected chi connectivity index (χ3v) is 2.65. The number of rotatable bonds is 4. The first-order valence-corrected chi connectivity index (χ1v) is 6.12. The molecule has 0 aliphatic carbocycles. The molecule has 2 aromatic heterocycles. The lowest BCUT2D eigenvalue weighted by Gasteiger charge is -2.05. The molecular formula is C9H11N7OS. The van der Waals surface area contributed by atoms with Gasteiger partial charge >= 0.3 is 0 Å². The topological polar surface area (TPSA) is 125 Å². The van der Waals surface area contributed by atoms with E-state index in [0.717, 1.165) is 0 Å². The minimum absolute atomic E-state index is 0.168. The zero-order chi connectivity index (χ0) is 13.1. The first-order chi connectivity index (χ1) is 8.63. The van der Waals surface area contributed by atoms with Crippen LogP contribution in [0.5, 0.6) is 0 Å². The molecule has 0 saturated carbocycles. The lowest BCUT2D eigenvalue weighted by molar-refractivity contribution is 0.0995. The molecule has 0 aliphatic heterocycles. The number of anilines is 1. The minimum atomic E-state index is -0.593. The standard InChI is InChI=1S/C9H11N7OS/c1-18-9-12-6(14-11)4-7(13-9)16-3-2-5(15-16)8(10)17/h2-4H,11H2,1H3,(H2,10,17)(H,12,13,14). The molecule has 0 fully saturated rings. The Balaban J connectivity index is 2.45. The van der Waals surface area contributed by atoms with Gasteiger partial charge in [0.15, 0.2) is 11.0 Å². The summed E-state index contributed by atoms with van der Waals surface area (Å²) in [5, 5.41) is 4.54. The number of hydrazine groups is 1. The molecule has 0 radical (unpaired) electrons. The van der Waals surface area contributed by atoms with Crippen LogP contribution >= 0.6 is 11.8 Å². The average Bonchev–Trinajstić information content (AvgIpc) is 2.87. The summed E-state index contributed by atoms with van der Waals surface area (Å²) < 4.78 is 1.43. The highest BCUT2D eigenvalue weighted by molar-refractivity contribution is 7.98. The number of carbonyl (C=O) groups excluding carboxylic acids is 1. The van der Waals surface area contributed by atoms with E-state index in [4.69, 9.17) is 11.6 Å². The molecule has 0 atom stereocenters. The van der Waals surface area contributed by atoms with E-state index in [1.54, 1.807) is 12.3 Å². The molecular weight excluding hydrogens is 254 g/mol. The predicted molar refractivity (Wildman–Crippen MR) is 67.3 cm³/mol. The maximum absolute atomic E-state index is 11.0. The van der Waals surface area contributed by atoms with Crippen molar-refractivity contribution in [3.8, 4) is 5.82 Å². The van der Waals surface area contributed by atoms with E-state index >= 15 is 0 Å². The fraction of sp³-hybridized carbons (Fsp3) is 0.111. The number of nitrogens with one attached hydrogen (secondary N) is 1.